The summed E-state index contributed by atoms with van der Waals surface area (Å²) in [7, 11) is 1.57. The monoisotopic (exact) mass is 531 g/mol. The summed E-state index contributed by atoms with van der Waals surface area (Å²) in [5.41, 5.74) is 5.19. The molecule has 3 aromatic carbocycles. The van der Waals surface area contributed by atoms with Crippen molar-refractivity contribution in [3.05, 3.63) is 93.4 Å². The number of nitrogens with zero attached hydrogens (tertiary/aromatic N) is 1. The predicted octanol–water partition coefficient (Wildman–Crippen LogP) is 7.13. The van der Waals surface area contributed by atoms with E-state index in [1.165, 1.54) is 10.5 Å². The number of methoxy groups -OCH3 is 1. The van der Waals surface area contributed by atoms with Crippen LogP contribution >= 0.6 is 11.8 Å². The van der Waals surface area contributed by atoms with Crippen molar-refractivity contribution in [1.29, 1.82) is 0 Å². The van der Waals surface area contributed by atoms with E-state index in [1.807, 2.05) is 56.3 Å². The van der Waals surface area contributed by atoms with E-state index in [-0.39, 0.29) is 24.3 Å². The zero-order chi connectivity index (χ0) is 27.2. The number of ether oxygens (including phenoxy) is 3. The van der Waals surface area contributed by atoms with Gasteiger partial charge in [0, 0.05) is 0 Å². The van der Waals surface area contributed by atoms with Gasteiger partial charge in [-0.05, 0) is 78.1 Å². The highest BCUT2D eigenvalue weighted by Gasteiger charge is 2.35. The van der Waals surface area contributed by atoms with Crippen molar-refractivity contribution >= 4 is 29.0 Å². The van der Waals surface area contributed by atoms with Crippen LogP contribution in [0.2, 0.25) is 0 Å². The summed E-state index contributed by atoms with van der Waals surface area (Å²) in [6.45, 7) is 9.10. The molecule has 3 aromatic rings. The van der Waals surface area contributed by atoms with Crippen LogP contribution in [0, 0.1) is 13.8 Å². The number of amides is 2. The van der Waals surface area contributed by atoms with E-state index in [4.69, 9.17) is 14.2 Å². The molecule has 0 radical (unpaired) electrons. The van der Waals surface area contributed by atoms with Crippen molar-refractivity contribution in [2.45, 2.75) is 40.2 Å². The van der Waals surface area contributed by atoms with Crippen molar-refractivity contribution < 1.29 is 23.8 Å². The smallest absolute Gasteiger partial charge is 0.293 e. The summed E-state index contributed by atoms with van der Waals surface area (Å²) in [4.78, 5) is 27.2. The fraction of sp³-hybridized carbons (Fsp3) is 0.290. The largest absolute Gasteiger partial charge is 0.493 e. The number of imide groups is 1. The molecule has 4 rings (SSSR count). The SMILES string of the molecule is COc1cc(/C=C2\SC(=O)N(CCOc3cc(C)ccc3C(C)C)C2=O)ccc1OCc1ccc(C)cc1. The molecule has 0 unspecified atom stereocenters. The highest BCUT2D eigenvalue weighted by atomic mass is 32.2. The normalized spacial score (nSPS) is 14.5. The Bertz CT molecular complexity index is 1350. The second kappa shape index (κ2) is 12.2. The molecule has 0 aliphatic carbocycles. The average molecular weight is 532 g/mol. The van der Waals surface area contributed by atoms with Crippen LogP contribution in [0.4, 0.5) is 4.79 Å². The van der Waals surface area contributed by atoms with Crippen molar-refractivity contribution in [3.63, 3.8) is 0 Å². The molecule has 1 aliphatic rings. The minimum atomic E-state index is -0.324. The van der Waals surface area contributed by atoms with E-state index in [9.17, 15) is 9.59 Å². The Morgan fingerprint density at radius 3 is 2.32 bits per heavy atom. The molecule has 38 heavy (non-hydrogen) atoms. The fourth-order valence-corrected chi connectivity index (χ4v) is 4.94. The van der Waals surface area contributed by atoms with Crippen LogP contribution in [-0.4, -0.2) is 36.3 Å². The molecule has 0 aromatic heterocycles. The Labute approximate surface area is 228 Å². The first-order valence-electron chi connectivity index (χ1n) is 12.6. The molecule has 6 nitrogen and oxygen atoms in total. The number of carbonyl (C=O) groups is 2. The number of hydrogen-bond acceptors (Lipinski definition) is 6. The zero-order valence-electron chi connectivity index (χ0n) is 22.4. The Morgan fingerprint density at radius 2 is 1.61 bits per heavy atom. The molecule has 0 N–H and O–H groups in total. The van der Waals surface area contributed by atoms with Crippen LogP contribution in [0.15, 0.2) is 65.6 Å². The highest BCUT2D eigenvalue weighted by molar-refractivity contribution is 8.18. The minimum absolute atomic E-state index is 0.183. The Kier molecular flexibility index (Phi) is 8.79. The van der Waals surface area contributed by atoms with Gasteiger partial charge in [-0.1, -0.05) is 61.9 Å². The third-order valence-corrected chi connectivity index (χ3v) is 7.14. The van der Waals surface area contributed by atoms with E-state index in [2.05, 4.69) is 26.0 Å². The summed E-state index contributed by atoms with van der Waals surface area (Å²) < 4.78 is 17.5. The molecule has 1 heterocycles. The van der Waals surface area contributed by atoms with Gasteiger partial charge in [0.15, 0.2) is 11.5 Å². The van der Waals surface area contributed by atoms with E-state index in [1.54, 1.807) is 19.3 Å². The highest BCUT2D eigenvalue weighted by Crippen LogP contribution is 2.35. The van der Waals surface area contributed by atoms with Crippen molar-refractivity contribution in [1.82, 2.24) is 4.90 Å². The zero-order valence-corrected chi connectivity index (χ0v) is 23.3. The Hall–Kier alpha value is -3.71. The lowest BCUT2D eigenvalue weighted by atomic mass is 10.0. The van der Waals surface area contributed by atoms with E-state index < -0.39 is 0 Å². The second-order valence-electron chi connectivity index (χ2n) is 9.56. The fourth-order valence-electron chi connectivity index (χ4n) is 4.07. The maximum atomic E-state index is 13.0. The van der Waals surface area contributed by atoms with Crippen LogP contribution in [0.3, 0.4) is 0 Å². The molecule has 198 valence electrons. The van der Waals surface area contributed by atoms with Crippen molar-refractivity contribution in [3.8, 4) is 17.2 Å². The minimum Gasteiger partial charge on any atom is -0.493 e. The lowest BCUT2D eigenvalue weighted by Gasteiger charge is -2.17. The van der Waals surface area contributed by atoms with Gasteiger partial charge >= 0.3 is 0 Å². The lowest BCUT2D eigenvalue weighted by molar-refractivity contribution is -0.123. The van der Waals surface area contributed by atoms with Crippen molar-refractivity contribution in [2.75, 3.05) is 20.3 Å². The number of rotatable bonds is 10. The van der Waals surface area contributed by atoms with Crippen LogP contribution in [0.25, 0.3) is 6.08 Å². The standard InChI is InChI=1S/C31H33NO5S/c1-20(2)25-12-8-22(4)16-27(25)36-15-14-32-30(33)29(38-31(32)34)18-24-11-13-26(28(17-24)35-5)37-19-23-9-6-21(3)7-10-23/h6-13,16-18,20H,14-15,19H2,1-5H3/b29-18-. The second-order valence-corrected chi connectivity index (χ2v) is 10.6. The first-order valence-corrected chi connectivity index (χ1v) is 13.4. The maximum absolute atomic E-state index is 13.0. The van der Waals surface area contributed by atoms with Crippen LogP contribution in [0.5, 0.6) is 17.2 Å². The number of hydrogen-bond donors (Lipinski definition) is 0. The average Bonchev–Trinajstić information content (AvgIpc) is 3.16. The summed E-state index contributed by atoms with van der Waals surface area (Å²) in [5.74, 6) is 1.93. The van der Waals surface area contributed by atoms with Gasteiger partial charge < -0.3 is 14.2 Å². The van der Waals surface area contributed by atoms with Gasteiger partial charge in [-0.3, -0.25) is 14.5 Å². The first kappa shape index (κ1) is 27.3. The quantitative estimate of drug-likeness (QED) is 0.259. The molecule has 0 saturated carbocycles. The number of benzene rings is 3. The molecule has 1 aliphatic heterocycles. The maximum Gasteiger partial charge on any atom is 0.293 e. The molecular formula is C31H33NO5S. The van der Waals surface area contributed by atoms with Crippen LogP contribution in [-0.2, 0) is 11.4 Å². The summed E-state index contributed by atoms with van der Waals surface area (Å²) in [5, 5.41) is -0.303. The third-order valence-electron chi connectivity index (χ3n) is 6.24. The van der Waals surface area contributed by atoms with E-state index in [0.717, 1.165) is 39.8 Å². The van der Waals surface area contributed by atoms with E-state index in [0.29, 0.717) is 28.9 Å². The van der Waals surface area contributed by atoms with Gasteiger partial charge in [0.25, 0.3) is 11.1 Å². The van der Waals surface area contributed by atoms with Gasteiger partial charge in [0.05, 0.1) is 18.6 Å². The van der Waals surface area contributed by atoms with Gasteiger partial charge in [0.2, 0.25) is 0 Å². The number of thioether (sulfide) groups is 1. The summed E-state index contributed by atoms with van der Waals surface area (Å²) >= 11 is 0.931. The van der Waals surface area contributed by atoms with Gasteiger partial charge in [-0.25, -0.2) is 0 Å². The van der Waals surface area contributed by atoms with Crippen molar-refractivity contribution in [2.24, 2.45) is 0 Å². The summed E-state index contributed by atoms with van der Waals surface area (Å²) in [6.07, 6.45) is 1.70. The third kappa shape index (κ3) is 6.58. The predicted molar refractivity (Wildman–Crippen MR) is 152 cm³/mol. The Balaban J connectivity index is 1.40. The molecule has 7 heteroatoms. The van der Waals surface area contributed by atoms with Gasteiger partial charge in [-0.2, -0.15) is 0 Å². The van der Waals surface area contributed by atoms with Gasteiger partial charge in [-0.15, -0.1) is 0 Å². The molecule has 0 spiro atoms. The number of aryl methyl sites for hydroxylation is 2. The topological polar surface area (TPSA) is 65.1 Å². The number of carbonyl (C=O) groups excluding carboxylic acids is 2. The summed E-state index contributed by atoms with van der Waals surface area (Å²) in [6, 6.07) is 19.7. The molecule has 1 fully saturated rings. The molecule has 0 bridgehead atoms. The first-order chi connectivity index (χ1) is 18.2. The van der Waals surface area contributed by atoms with Crippen LogP contribution < -0.4 is 14.2 Å². The molecule has 1 saturated heterocycles. The van der Waals surface area contributed by atoms with Gasteiger partial charge in [0.1, 0.15) is 19.0 Å². The molecular weight excluding hydrogens is 498 g/mol. The molecule has 0 atom stereocenters. The lowest BCUT2D eigenvalue weighted by Crippen LogP contribution is -2.32. The molecule has 2 amide bonds. The Morgan fingerprint density at radius 1 is 0.868 bits per heavy atom. The van der Waals surface area contributed by atoms with Crippen LogP contribution in [0.1, 0.15) is 47.6 Å². The van der Waals surface area contributed by atoms with E-state index >= 15 is 0 Å².